The van der Waals surface area contributed by atoms with Crippen LogP contribution in [0.2, 0.25) is 0 Å². The van der Waals surface area contributed by atoms with Crippen molar-refractivity contribution in [3.8, 4) is 0 Å². The Bertz CT molecular complexity index is 1280. The number of imidazole rings is 1. The smallest absolute Gasteiger partial charge is 0.387 e. The summed E-state index contributed by atoms with van der Waals surface area (Å²) >= 11 is 0. The SMILES string of the molecule is COCCO[C@H]1C(O)[C@@H](COP(=O)(O)OP(=O)(O)OP(=O)(O)O)O[C@H]1n1cnc2c(=O)[nH]c(N)nc21. The van der Waals surface area contributed by atoms with E-state index in [-0.39, 0.29) is 30.3 Å². The Kier molecular flexibility index (Phi) is 8.87. The van der Waals surface area contributed by atoms with Crippen LogP contribution in [0.1, 0.15) is 6.23 Å². The first-order valence-corrected chi connectivity index (χ1v) is 14.1. The highest BCUT2D eigenvalue weighted by Gasteiger charge is 2.48. The number of nitrogen functional groups attached to an aromatic ring is 1. The molecule has 0 aliphatic carbocycles. The minimum Gasteiger partial charge on any atom is -0.387 e. The lowest BCUT2D eigenvalue weighted by atomic mass is 10.1. The Hall–Kier alpha value is -1.60. The molecule has 1 aliphatic rings. The zero-order valence-electron chi connectivity index (χ0n) is 18.1. The van der Waals surface area contributed by atoms with Gasteiger partial charge in [0.25, 0.3) is 5.56 Å². The van der Waals surface area contributed by atoms with Crippen molar-refractivity contribution in [2.75, 3.05) is 32.7 Å². The quantitative estimate of drug-likeness (QED) is 0.109. The van der Waals surface area contributed by atoms with E-state index in [1.807, 2.05) is 0 Å². The van der Waals surface area contributed by atoms with Gasteiger partial charge >= 0.3 is 23.5 Å². The summed E-state index contributed by atoms with van der Waals surface area (Å²) in [6.45, 7) is -0.880. The first kappa shape index (κ1) is 29.0. The molecule has 0 aromatic carbocycles. The standard InChI is InChI=1S/C13H22N5O15P3/c1-28-2-3-29-9-8(19)6(4-30-35(24,25)33-36(26,27)32-34(21,22)23)31-12(9)18-5-15-7-10(18)16-13(14)17-11(7)20/h5-6,8-9,12,19H,2-4H2,1H3,(H,24,25)(H,26,27)(H2,21,22,23)(H3,14,16,17,20)/t6-,8?,9+,12-/m1/s1. The molecule has 204 valence electrons. The van der Waals surface area contributed by atoms with Crippen molar-refractivity contribution in [2.24, 2.45) is 0 Å². The first-order valence-electron chi connectivity index (χ1n) is 9.57. The molecule has 1 saturated heterocycles. The van der Waals surface area contributed by atoms with Crippen molar-refractivity contribution in [3.05, 3.63) is 16.7 Å². The summed E-state index contributed by atoms with van der Waals surface area (Å²) in [4.78, 5) is 58.3. The summed E-state index contributed by atoms with van der Waals surface area (Å²) in [5.41, 5.74) is 4.77. The molecule has 1 fully saturated rings. The molecule has 36 heavy (non-hydrogen) atoms. The Balaban J connectivity index is 1.80. The van der Waals surface area contributed by atoms with E-state index in [1.54, 1.807) is 0 Å². The maximum Gasteiger partial charge on any atom is 0.490 e. The summed E-state index contributed by atoms with van der Waals surface area (Å²) in [5, 5.41) is 10.7. The van der Waals surface area contributed by atoms with Gasteiger partial charge in [-0.1, -0.05) is 0 Å². The molecular weight excluding hydrogens is 559 g/mol. The third-order valence-electron chi connectivity index (χ3n) is 4.45. The summed E-state index contributed by atoms with van der Waals surface area (Å²) in [5.74, 6) is -0.242. The molecule has 0 radical (unpaired) electrons. The molecule has 6 atom stereocenters. The Morgan fingerprint density at radius 1 is 1.17 bits per heavy atom. The summed E-state index contributed by atoms with van der Waals surface area (Å²) in [6.07, 6.45) is -4.28. The number of fused-ring (bicyclic) bond motifs is 1. The topological polar surface area (TPSA) is 297 Å². The van der Waals surface area contributed by atoms with Crippen LogP contribution in [-0.2, 0) is 41.1 Å². The largest absolute Gasteiger partial charge is 0.490 e. The minimum absolute atomic E-state index is 0.0382. The molecule has 23 heteroatoms. The number of rotatable bonds is 12. The number of ether oxygens (including phenoxy) is 3. The highest BCUT2D eigenvalue weighted by molar-refractivity contribution is 7.66. The van der Waals surface area contributed by atoms with E-state index < -0.39 is 60.2 Å². The van der Waals surface area contributed by atoms with E-state index in [0.717, 1.165) is 6.33 Å². The second kappa shape index (κ2) is 11.0. The highest BCUT2D eigenvalue weighted by atomic mass is 31.3. The van der Waals surface area contributed by atoms with Gasteiger partial charge in [-0.05, 0) is 0 Å². The van der Waals surface area contributed by atoms with Gasteiger partial charge in [-0.2, -0.15) is 13.6 Å². The van der Waals surface area contributed by atoms with E-state index >= 15 is 0 Å². The van der Waals surface area contributed by atoms with Crippen molar-refractivity contribution in [1.29, 1.82) is 0 Å². The Labute approximate surface area is 200 Å². The number of aromatic amines is 1. The molecule has 0 saturated carbocycles. The fourth-order valence-corrected chi connectivity index (χ4v) is 6.16. The van der Waals surface area contributed by atoms with Crippen molar-refractivity contribution in [3.63, 3.8) is 0 Å². The lowest BCUT2D eigenvalue weighted by molar-refractivity contribution is -0.0784. The normalized spacial score (nSPS) is 26.2. The summed E-state index contributed by atoms with van der Waals surface area (Å²) in [7, 11) is -15.4. The number of nitrogens with one attached hydrogen (secondary N) is 1. The van der Waals surface area contributed by atoms with Gasteiger partial charge in [0, 0.05) is 7.11 Å². The summed E-state index contributed by atoms with van der Waals surface area (Å²) in [6, 6.07) is 0. The third kappa shape index (κ3) is 7.25. The van der Waals surface area contributed by atoms with Crippen LogP contribution >= 0.6 is 23.5 Å². The molecule has 2 aromatic heterocycles. The van der Waals surface area contributed by atoms with Gasteiger partial charge in [0.1, 0.15) is 18.3 Å². The van der Waals surface area contributed by atoms with Crippen LogP contribution in [0.25, 0.3) is 11.2 Å². The number of hydrogen-bond acceptors (Lipinski definition) is 14. The molecular formula is C13H22N5O15P3. The Morgan fingerprint density at radius 3 is 2.50 bits per heavy atom. The number of H-pyrrole nitrogens is 1. The van der Waals surface area contributed by atoms with E-state index in [2.05, 4.69) is 28.1 Å². The fourth-order valence-electron chi connectivity index (χ4n) is 3.13. The second-order valence-electron chi connectivity index (χ2n) is 7.05. The minimum atomic E-state index is -5.74. The van der Waals surface area contributed by atoms with Gasteiger partial charge in [0.05, 0.1) is 26.1 Å². The Morgan fingerprint density at radius 2 is 1.86 bits per heavy atom. The predicted molar refractivity (Wildman–Crippen MR) is 114 cm³/mol. The lowest BCUT2D eigenvalue weighted by Gasteiger charge is -2.22. The van der Waals surface area contributed by atoms with Crippen molar-refractivity contribution >= 4 is 40.6 Å². The van der Waals surface area contributed by atoms with Gasteiger partial charge in [0.2, 0.25) is 5.95 Å². The number of methoxy groups -OCH3 is 1. The van der Waals surface area contributed by atoms with Crippen LogP contribution in [0, 0.1) is 0 Å². The van der Waals surface area contributed by atoms with E-state index in [4.69, 9.17) is 29.7 Å². The number of nitrogens with two attached hydrogens (primary N) is 1. The number of nitrogens with zero attached hydrogens (tertiary/aromatic N) is 3. The average Bonchev–Trinajstić information content (AvgIpc) is 3.25. The van der Waals surface area contributed by atoms with Gasteiger partial charge in [-0.3, -0.25) is 18.9 Å². The van der Waals surface area contributed by atoms with Gasteiger partial charge in [-0.25, -0.2) is 18.7 Å². The monoisotopic (exact) mass is 581 g/mol. The molecule has 1 aliphatic heterocycles. The van der Waals surface area contributed by atoms with Crippen molar-refractivity contribution < 1.29 is 65.7 Å². The van der Waals surface area contributed by atoms with E-state index in [0.29, 0.717) is 0 Å². The number of anilines is 1. The van der Waals surface area contributed by atoms with Crippen molar-refractivity contribution in [1.82, 2.24) is 19.5 Å². The van der Waals surface area contributed by atoms with Crippen LogP contribution in [0.15, 0.2) is 11.1 Å². The first-order chi connectivity index (χ1) is 16.6. The van der Waals surface area contributed by atoms with Crippen LogP contribution in [0.3, 0.4) is 0 Å². The maximum absolute atomic E-state index is 12.1. The van der Waals surface area contributed by atoms with Crippen LogP contribution in [0.5, 0.6) is 0 Å². The number of aromatic nitrogens is 4. The average molecular weight is 581 g/mol. The van der Waals surface area contributed by atoms with Gasteiger partial charge in [0.15, 0.2) is 17.4 Å². The third-order valence-corrected chi connectivity index (χ3v) is 8.26. The number of hydrogen-bond donors (Lipinski definition) is 7. The number of phosphoric acid groups is 3. The molecule has 0 bridgehead atoms. The zero-order valence-corrected chi connectivity index (χ0v) is 20.8. The predicted octanol–water partition coefficient (Wildman–Crippen LogP) is -1.66. The van der Waals surface area contributed by atoms with E-state index in [1.165, 1.54) is 11.7 Å². The molecule has 3 heterocycles. The van der Waals surface area contributed by atoms with Gasteiger partial charge < -0.3 is 44.6 Å². The van der Waals surface area contributed by atoms with Gasteiger partial charge in [-0.15, -0.1) is 0 Å². The van der Waals surface area contributed by atoms with E-state index in [9.17, 15) is 33.4 Å². The molecule has 3 unspecified atom stereocenters. The molecule has 8 N–H and O–H groups in total. The van der Waals surface area contributed by atoms with Crippen LogP contribution < -0.4 is 11.3 Å². The number of aliphatic hydroxyl groups is 1. The molecule has 2 aromatic rings. The fraction of sp³-hybridized carbons (Fsp3) is 0.615. The number of aliphatic hydroxyl groups excluding tert-OH is 1. The molecule has 20 nitrogen and oxygen atoms in total. The zero-order chi connectivity index (χ0) is 26.9. The van der Waals surface area contributed by atoms with Crippen LogP contribution in [-0.4, -0.2) is 89.4 Å². The second-order valence-corrected chi connectivity index (χ2v) is 11.5. The van der Waals surface area contributed by atoms with Crippen molar-refractivity contribution in [2.45, 2.75) is 24.5 Å². The highest BCUT2D eigenvalue weighted by Crippen LogP contribution is 2.66. The molecule has 0 amide bonds. The van der Waals surface area contributed by atoms with Crippen LogP contribution in [0.4, 0.5) is 5.95 Å². The maximum atomic E-state index is 12.1. The lowest BCUT2D eigenvalue weighted by Crippen LogP contribution is -2.36. The molecule has 0 spiro atoms. The molecule has 3 rings (SSSR count). The number of phosphoric ester groups is 1. The summed E-state index contributed by atoms with van der Waals surface area (Å²) < 4.78 is 63.4.